The fourth-order valence-corrected chi connectivity index (χ4v) is 4.36. The van der Waals surface area contributed by atoms with Gasteiger partial charge in [0, 0.05) is 35.9 Å². The first-order valence-corrected chi connectivity index (χ1v) is 11.6. The number of nitrogens with one attached hydrogen (secondary N) is 3. The molecule has 1 atom stereocenters. The minimum Gasteiger partial charge on any atom is -0.497 e. The number of rotatable bonds is 8. The number of carbonyl (C=O) groups excluding carboxylic acids is 1. The van der Waals surface area contributed by atoms with Crippen molar-refractivity contribution in [1.82, 2.24) is 14.7 Å². The van der Waals surface area contributed by atoms with Crippen molar-refractivity contribution in [3.8, 4) is 5.75 Å². The number of ether oxygens (including phenoxy) is 1. The molecule has 33 heavy (non-hydrogen) atoms. The molecule has 4 rings (SSSR count). The van der Waals surface area contributed by atoms with Crippen LogP contribution in [0.3, 0.4) is 0 Å². The van der Waals surface area contributed by atoms with E-state index in [0.717, 1.165) is 5.39 Å². The Morgan fingerprint density at radius 1 is 1.09 bits per heavy atom. The van der Waals surface area contributed by atoms with Gasteiger partial charge in [-0.25, -0.2) is 18.1 Å². The number of benzene rings is 2. The molecule has 0 radical (unpaired) electrons. The third kappa shape index (κ3) is 5.03. The van der Waals surface area contributed by atoms with Crippen LogP contribution in [0, 0.1) is 0 Å². The van der Waals surface area contributed by atoms with Gasteiger partial charge < -0.3 is 20.8 Å². The van der Waals surface area contributed by atoms with Gasteiger partial charge in [0.2, 0.25) is 10.0 Å². The van der Waals surface area contributed by atoms with Gasteiger partial charge >= 0.3 is 0 Å². The lowest BCUT2D eigenvalue weighted by atomic mass is 10.1. The summed E-state index contributed by atoms with van der Waals surface area (Å²) in [4.78, 5) is 20.0. The second-order valence-electron chi connectivity index (χ2n) is 7.31. The fraction of sp³-hybridized carbons (Fsp3) is 0.130. The number of nitrogens with zero attached hydrogens (tertiary/aromatic N) is 1. The maximum Gasteiger partial charge on any atom is 0.255 e. The van der Waals surface area contributed by atoms with Crippen molar-refractivity contribution < 1.29 is 17.9 Å². The number of aromatic nitrogens is 2. The monoisotopic (exact) mass is 465 g/mol. The zero-order valence-corrected chi connectivity index (χ0v) is 18.6. The molecule has 0 aliphatic carbocycles. The van der Waals surface area contributed by atoms with E-state index >= 15 is 0 Å². The summed E-state index contributed by atoms with van der Waals surface area (Å²) >= 11 is 0. The quantitative estimate of drug-likeness (QED) is 0.316. The summed E-state index contributed by atoms with van der Waals surface area (Å²) in [6, 6.07) is 15.8. The number of carbonyl (C=O) groups is 1. The number of pyridine rings is 1. The number of methoxy groups -OCH3 is 1. The Hall–Kier alpha value is -3.73. The number of anilines is 1. The van der Waals surface area contributed by atoms with Crippen LogP contribution in [-0.2, 0) is 10.0 Å². The molecule has 1 amide bonds. The summed E-state index contributed by atoms with van der Waals surface area (Å²) in [5.74, 6) is 0.292. The number of H-pyrrole nitrogens is 1. The van der Waals surface area contributed by atoms with Crippen molar-refractivity contribution in [2.45, 2.75) is 10.9 Å². The number of amides is 1. The summed E-state index contributed by atoms with van der Waals surface area (Å²) < 4.78 is 32.5. The highest BCUT2D eigenvalue weighted by Gasteiger charge is 2.17. The number of aromatic amines is 1. The highest BCUT2D eigenvalue weighted by molar-refractivity contribution is 7.89. The first-order valence-electron chi connectivity index (χ1n) is 10.1. The molecule has 0 fully saturated rings. The van der Waals surface area contributed by atoms with Crippen LogP contribution in [0.2, 0.25) is 0 Å². The minimum absolute atomic E-state index is 0.00237. The molecule has 0 saturated carbocycles. The van der Waals surface area contributed by atoms with E-state index < -0.39 is 16.1 Å². The predicted molar refractivity (Wildman–Crippen MR) is 126 cm³/mol. The second kappa shape index (κ2) is 9.41. The largest absolute Gasteiger partial charge is 0.497 e. The molecule has 9 nitrogen and oxygen atoms in total. The molecule has 0 aliphatic rings. The molecule has 10 heteroatoms. The Morgan fingerprint density at radius 3 is 2.52 bits per heavy atom. The molecule has 0 saturated heterocycles. The van der Waals surface area contributed by atoms with Crippen LogP contribution in [0.25, 0.3) is 11.0 Å². The maximum atomic E-state index is 12.6. The fourth-order valence-electron chi connectivity index (χ4n) is 3.30. The first-order chi connectivity index (χ1) is 15.9. The van der Waals surface area contributed by atoms with Gasteiger partial charge in [0.1, 0.15) is 11.4 Å². The zero-order chi connectivity index (χ0) is 23.4. The van der Waals surface area contributed by atoms with Gasteiger partial charge in [-0.2, -0.15) is 0 Å². The van der Waals surface area contributed by atoms with Gasteiger partial charge in [-0.1, -0.05) is 12.1 Å². The number of sulfonamides is 1. The van der Waals surface area contributed by atoms with Crippen molar-refractivity contribution in [3.05, 3.63) is 84.2 Å². The van der Waals surface area contributed by atoms with E-state index in [-0.39, 0.29) is 17.3 Å². The van der Waals surface area contributed by atoms with Crippen LogP contribution < -0.4 is 20.5 Å². The van der Waals surface area contributed by atoms with Crippen molar-refractivity contribution >= 4 is 32.7 Å². The molecule has 0 aliphatic heterocycles. The summed E-state index contributed by atoms with van der Waals surface area (Å²) in [5, 5.41) is 3.69. The number of hydrogen-bond acceptors (Lipinski definition) is 6. The predicted octanol–water partition coefficient (Wildman–Crippen LogP) is 2.80. The van der Waals surface area contributed by atoms with Crippen LogP contribution in [0.4, 0.5) is 5.69 Å². The summed E-state index contributed by atoms with van der Waals surface area (Å²) in [6.45, 7) is 0.00237. The van der Waals surface area contributed by atoms with Crippen LogP contribution in [0.1, 0.15) is 22.0 Å². The number of nitrogens with two attached hydrogens (primary N) is 1. The van der Waals surface area contributed by atoms with E-state index in [2.05, 4.69) is 20.0 Å². The Morgan fingerprint density at radius 2 is 1.82 bits per heavy atom. The van der Waals surface area contributed by atoms with Gasteiger partial charge in [-0.3, -0.25) is 4.79 Å². The Balaban J connectivity index is 1.39. The third-order valence-corrected chi connectivity index (χ3v) is 6.61. The standard InChI is InChI=1S/C23H23N5O4S/c1-32-17-6-8-18(9-7-17)33(30,31)27-14-20(24)15-2-4-16(5-3-15)23(29)28-21-11-13-26-22-19(21)10-12-25-22/h2-13,20,27H,14,24H2,1H3,(H2,25,26,28,29). The smallest absolute Gasteiger partial charge is 0.255 e. The first kappa shape index (κ1) is 22.5. The van der Waals surface area contributed by atoms with E-state index in [0.29, 0.717) is 28.2 Å². The highest BCUT2D eigenvalue weighted by Crippen LogP contribution is 2.21. The van der Waals surface area contributed by atoms with E-state index in [9.17, 15) is 13.2 Å². The summed E-state index contributed by atoms with van der Waals surface area (Å²) in [5.41, 5.74) is 8.65. The lowest BCUT2D eigenvalue weighted by Gasteiger charge is -2.14. The minimum atomic E-state index is -3.72. The van der Waals surface area contributed by atoms with Gasteiger partial charge in [-0.05, 0) is 54.1 Å². The zero-order valence-electron chi connectivity index (χ0n) is 17.8. The SMILES string of the molecule is COc1ccc(S(=O)(=O)NCC(N)c2ccc(C(=O)Nc3ccnc4[nH]ccc34)cc2)cc1. The molecule has 2 heterocycles. The van der Waals surface area contributed by atoms with E-state index in [1.165, 1.54) is 19.2 Å². The highest BCUT2D eigenvalue weighted by atomic mass is 32.2. The third-order valence-electron chi connectivity index (χ3n) is 5.17. The Bertz CT molecular complexity index is 1370. The van der Waals surface area contributed by atoms with Crippen LogP contribution >= 0.6 is 0 Å². The lowest BCUT2D eigenvalue weighted by Crippen LogP contribution is -2.32. The van der Waals surface area contributed by atoms with Crippen molar-refractivity contribution in [1.29, 1.82) is 0 Å². The summed E-state index contributed by atoms with van der Waals surface area (Å²) in [6.07, 6.45) is 3.37. The van der Waals surface area contributed by atoms with Crippen LogP contribution in [-0.4, -0.2) is 37.9 Å². The molecular formula is C23H23N5O4S. The number of fused-ring (bicyclic) bond motifs is 1. The molecule has 1 unspecified atom stereocenters. The van der Waals surface area contributed by atoms with Gasteiger partial charge in [0.15, 0.2) is 0 Å². The van der Waals surface area contributed by atoms with E-state index in [1.807, 2.05) is 6.07 Å². The molecule has 0 bridgehead atoms. The second-order valence-corrected chi connectivity index (χ2v) is 9.08. The van der Waals surface area contributed by atoms with Crippen LogP contribution in [0.5, 0.6) is 5.75 Å². The molecule has 2 aromatic heterocycles. The van der Waals surface area contributed by atoms with Gasteiger partial charge in [0.25, 0.3) is 5.91 Å². The Labute approximate surface area is 191 Å². The lowest BCUT2D eigenvalue weighted by molar-refractivity contribution is 0.102. The summed E-state index contributed by atoms with van der Waals surface area (Å²) in [7, 11) is -2.21. The number of hydrogen-bond donors (Lipinski definition) is 4. The molecule has 4 aromatic rings. The van der Waals surface area contributed by atoms with Crippen molar-refractivity contribution in [2.24, 2.45) is 5.73 Å². The molecule has 170 valence electrons. The Kier molecular flexibility index (Phi) is 6.40. The molecule has 5 N–H and O–H groups in total. The normalized spacial score (nSPS) is 12.4. The van der Waals surface area contributed by atoms with Crippen molar-refractivity contribution in [2.75, 3.05) is 19.0 Å². The molecule has 0 spiro atoms. The molecular weight excluding hydrogens is 442 g/mol. The van der Waals surface area contributed by atoms with Gasteiger partial charge in [0.05, 0.1) is 17.7 Å². The topological polar surface area (TPSA) is 139 Å². The van der Waals surface area contributed by atoms with Crippen LogP contribution in [0.15, 0.2) is 78.0 Å². The molecule has 2 aromatic carbocycles. The maximum absolute atomic E-state index is 12.6. The average Bonchev–Trinajstić information content (AvgIpc) is 3.33. The average molecular weight is 466 g/mol. The van der Waals surface area contributed by atoms with E-state index in [1.54, 1.807) is 54.9 Å². The van der Waals surface area contributed by atoms with Crippen molar-refractivity contribution in [3.63, 3.8) is 0 Å². The van der Waals surface area contributed by atoms with E-state index in [4.69, 9.17) is 10.5 Å². The van der Waals surface area contributed by atoms with Gasteiger partial charge in [-0.15, -0.1) is 0 Å².